The normalized spacial score (nSPS) is 11.4. The average Bonchev–Trinajstić information content (AvgIpc) is 2.49. The molecule has 0 aliphatic heterocycles. The summed E-state index contributed by atoms with van der Waals surface area (Å²) in [6, 6.07) is 9.38. The summed E-state index contributed by atoms with van der Waals surface area (Å²) in [7, 11) is 0. The van der Waals surface area contributed by atoms with Gasteiger partial charge in [-0.2, -0.15) is 0 Å². The second-order valence-corrected chi connectivity index (χ2v) is 6.76. The van der Waals surface area contributed by atoms with Gasteiger partial charge in [0.2, 0.25) is 0 Å². The van der Waals surface area contributed by atoms with E-state index in [1.165, 1.54) is 0 Å². The van der Waals surface area contributed by atoms with Crippen molar-refractivity contribution in [2.24, 2.45) is 0 Å². The van der Waals surface area contributed by atoms with Crippen molar-refractivity contribution in [3.63, 3.8) is 0 Å². The molecule has 0 atom stereocenters. The molecule has 1 aromatic carbocycles. The number of nitrogens with zero attached hydrogens (tertiary/aromatic N) is 2. The fraction of sp³-hybridized carbons (Fsp3) is 0.421. The van der Waals surface area contributed by atoms with Gasteiger partial charge in [-0.1, -0.05) is 12.1 Å². The van der Waals surface area contributed by atoms with E-state index in [0.29, 0.717) is 24.4 Å². The first-order valence-corrected chi connectivity index (χ1v) is 8.14. The first-order chi connectivity index (χ1) is 11.2. The van der Waals surface area contributed by atoms with Crippen LogP contribution < -0.4 is 5.32 Å². The molecule has 24 heavy (non-hydrogen) atoms. The lowest BCUT2D eigenvalue weighted by Gasteiger charge is -2.16. The number of aliphatic hydroxyl groups is 1. The second-order valence-electron chi connectivity index (χ2n) is 6.76. The molecule has 2 N–H and O–H groups in total. The molecule has 0 bridgehead atoms. The Bertz CT molecular complexity index is 701. The maximum Gasteiger partial charge on any atom is 0.251 e. The zero-order valence-corrected chi connectivity index (χ0v) is 14.8. The van der Waals surface area contributed by atoms with Crippen LogP contribution in [0.2, 0.25) is 0 Å². The third-order valence-electron chi connectivity index (χ3n) is 3.65. The molecule has 0 saturated carbocycles. The monoisotopic (exact) mass is 327 g/mol. The summed E-state index contributed by atoms with van der Waals surface area (Å²) in [4.78, 5) is 21.0. The molecule has 5 nitrogen and oxygen atoms in total. The molecule has 0 saturated heterocycles. The van der Waals surface area contributed by atoms with Crippen LogP contribution in [0.5, 0.6) is 0 Å². The lowest BCUT2D eigenvalue weighted by Crippen LogP contribution is -2.24. The molecule has 5 heteroatoms. The topological polar surface area (TPSA) is 75.1 Å². The molecule has 1 heterocycles. The lowest BCUT2D eigenvalue weighted by atomic mass is 9.98. The van der Waals surface area contributed by atoms with Gasteiger partial charge in [-0.15, -0.1) is 0 Å². The number of hydrogen-bond acceptors (Lipinski definition) is 4. The zero-order valence-electron chi connectivity index (χ0n) is 14.8. The molecule has 0 spiro atoms. The molecule has 1 amide bonds. The highest BCUT2D eigenvalue weighted by Gasteiger charge is 2.13. The Morgan fingerprint density at radius 2 is 1.83 bits per heavy atom. The minimum absolute atomic E-state index is 0.150. The summed E-state index contributed by atoms with van der Waals surface area (Å²) in [5.74, 6) is 0.460. The summed E-state index contributed by atoms with van der Waals surface area (Å²) in [5.41, 5.74) is 2.71. The van der Waals surface area contributed by atoms with Gasteiger partial charge >= 0.3 is 0 Å². The molecular formula is C19H25N3O2. The lowest BCUT2D eigenvalue weighted by molar-refractivity contribution is 0.0714. The summed E-state index contributed by atoms with van der Waals surface area (Å²) < 4.78 is 0. The molecule has 2 aromatic rings. The van der Waals surface area contributed by atoms with Gasteiger partial charge in [-0.05, 0) is 64.3 Å². The van der Waals surface area contributed by atoms with Crippen molar-refractivity contribution in [3.05, 3.63) is 58.7 Å². The SMILES string of the molecule is Cc1cc(C)nc(CNC(=O)c2cccc(CCC(C)(C)O)c2)n1. The predicted octanol–water partition coefficient (Wildman–Crippen LogP) is 2.73. The zero-order chi connectivity index (χ0) is 17.7. The number of rotatable bonds is 6. The number of carbonyl (C=O) groups excluding carboxylic acids is 1. The van der Waals surface area contributed by atoms with E-state index in [-0.39, 0.29) is 5.91 Å². The van der Waals surface area contributed by atoms with Gasteiger partial charge in [0.25, 0.3) is 5.91 Å². The number of hydrogen-bond donors (Lipinski definition) is 2. The number of aryl methyl sites for hydroxylation is 3. The maximum atomic E-state index is 12.3. The van der Waals surface area contributed by atoms with Crippen LogP contribution in [0.25, 0.3) is 0 Å². The molecule has 0 aliphatic rings. The van der Waals surface area contributed by atoms with E-state index in [1.54, 1.807) is 19.9 Å². The molecule has 0 aliphatic carbocycles. The van der Waals surface area contributed by atoms with Crippen molar-refractivity contribution in [3.8, 4) is 0 Å². The van der Waals surface area contributed by atoms with Crippen molar-refractivity contribution >= 4 is 5.91 Å². The third-order valence-corrected chi connectivity index (χ3v) is 3.65. The molecule has 1 aromatic heterocycles. The number of carbonyl (C=O) groups is 1. The van der Waals surface area contributed by atoms with E-state index in [1.807, 2.05) is 38.1 Å². The van der Waals surface area contributed by atoms with Crippen LogP contribution in [0.1, 0.15) is 53.4 Å². The molecule has 0 fully saturated rings. The average molecular weight is 327 g/mol. The van der Waals surface area contributed by atoms with Crippen LogP contribution in [0, 0.1) is 13.8 Å². The van der Waals surface area contributed by atoms with Gasteiger partial charge in [0.15, 0.2) is 0 Å². The first kappa shape index (κ1) is 18.1. The summed E-state index contributed by atoms with van der Waals surface area (Å²) in [6.45, 7) is 7.69. The highest BCUT2D eigenvalue weighted by Crippen LogP contribution is 2.14. The largest absolute Gasteiger partial charge is 0.390 e. The smallest absolute Gasteiger partial charge is 0.251 e. The fourth-order valence-electron chi connectivity index (χ4n) is 2.46. The van der Waals surface area contributed by atoms with E-state index < -0.39 is 5.60 Å². The Morgan fingerprint density at radius 3 is 2.46 bits per heavy atom. The van der Waals surface area contributed by atoms with Crippen molar-refractivity contribution in [2.45, 2.75) is 52.7 Å². The van der Waals surface area contributed by atoms with E-state index >= 15 is 0 Å². The van der Waals surface area contributed by atoms with E-state index in [0.717, 1.165) is 23.4 Å². The Morgan fingerprint density at radius 1 is 1.17 bits per heavy atom. The van der Waals surface area contributed by atoms with Crippen LogP contribution in [0.15, 0.2) is 30.3 Å². The number of amides is 1. The van der Waals surface area contributed by atoms with Gasteiger partial charge in [0.05, 0.1) is 12.1 Å². The summed E-state index contributed by atoms with van der Waals surface area (Å²) in [6.07, 6.45) is 1.37. The van der Waals surface area contributed by atoms with Crippen molar-refractivity contribution in [1.82, 2.24) is 15.3 Å². The van der Waals surface area contributed by atoms with Gasteiger partial charge in [-0.3, -0.25) is 4.79 Å². The van der Waals surface area contributed by atoms with E-state index in [9.17, 15) is 9.90 Å². The predicted molar refractivity (Wildman–Crippen MR) is 93.7 cm³/mol. The molecule has 2 rings (SSSR count). The minimum atomic E-state index is -0.710. The number of nitrogens with one attached hydrogen (secondary N) is 1. The molecular weight excluding hydrogens is 302 g/mol. The van der Waals surface area contributed by atoms with Crippen molar-refractivity contribution in [1.29, 1.82) is 0 Å². The van der Waals surface area contributed by atoms with E-state index in [4.69, 9.17) is 0 Å². The van der Waals surface area contributed by atoms with Crippen LogP contribution in [0.3, 0.4) is 0 Å². The summed E-state index contributed by atoms with van der Waals surface area (Å²) >= 11 is 0. The molecule has 128 valence electrons. The van der Waals surface area contributed by atoms with E-state index in [2.05, 4.69) is 15.3 Å². The highest BCUT2D eigenvalue weighted by molar-refractivity contribution is 5.94. The second kappa shape index (κ2) is 7.53. The Balaban J connectivity index is 1.99. The highest BCUT2D eigenvalue weighted by atomic mass is 16.3. The Labute approximate surface area is 143 Å². The van der Waals surface area contributed by atoms with Crippen LogP contribution in [-0.4, -0.2) is 26.6 Å². The van der Waals surface area contributed by atoms with Crippen LogP contribution >= 0.6 is 0 Å². The van der Waals surface area contributed by atoms with Gasteiger partial charge < -0.3 is 10.4 Å². The maximum absolute atomic E-state index is 12.3. The Hall–Kier alpha value is -2.27. The Kier molecular flexibility index (Phi) is 5.67. The van der Waals surface area contributed by atoms with Gasteiger partial charge in [-0.25, -0.2) is 9.97 Å². The fourth-order valence-corrected chi connectivity index (χ4v) is 2.46. The third kappa shape index (κ3) is 5.74. The minimum Gasteiger partial charge on any atom is -0.390 e. The standard InChI is InChI=1S/C19H25N3O2/c1-13-10-14(2)22-17(21-13)12-20-18(23)16-7-5-6-15(11-16)8-9-19(3,4)24/h5-7,10-11,24H,8-9,12H2,1-4H3,(H,20,23). The van der Waals surface area contributed by atoms with Gasteiger partial charge in [0, 0.05) is 17.0 Å². The van der Waals surface area contributed by atoms with Crippen molar-refractivity contribution < 1.29 is 9.90 Å². The van der Waals surface area contributed by atoms with Crippen LogP contribution in [-0.2, 0) is 13.0 Å². The molecule has 0 unspecified atom stereocenters. The van der Waals surface area contributed by atoms with Gasteiger partial charge in [0.1, 0.15) is 5.82 Å². The quantitative estimate of drug-likeness (QED) is 0.855. The van der Waals surface area contributed by atoms with Crippen LogP contribution in [0.4, 0.5) is 0 Å². The van der Waals surface area contributed by atoms with Crippen molar-refractivity contribution in [2.75, 3.05) is 0 Å². The number of benzene rings is 1. The molecule has 0 radical (unpaired) electrons. The first-order valence-electron chi connectivity index (χ1n) is 8.14. The number of aromatic nitrogens is 2. The summed E-state index contributed by atoms with van der Waals surface area (Å²) in [5, 5.41) is 12.7.